The summed E-state index contributed by atoms with van der Waals surface area (Å²) in [5.74, 6) is -0.0846. The molecule has 0 unspecified atom stereocenters. The first-order valence-electron chi connectivity index (χ1n) is 3.64. The van der Waals surface area contributed by atoms with Crippen LogP contribution in [0.4, 0.5) is 0 Å². The summed E-state index contributed by atoms with van der Waals surface area (Å²) >= 11 is 13.4. The number of halogens is 4. The Morgan fingerprint density at radius 1 is 1.20 bits per heavy atom. The lowest BCUT2D eigenvalue weighted by molar-refractivity contribution is -0.129. The summed E-state index contributed by atoms with van der Waals surface area (Å²) in [5, 5.41) is 0. The van der Waals surface area contributed by atoms with Gasteiger partial charge < -0.3 is 4.74 Å². The normalized spacial score (nSPS) is 9.87. The third-order valence-corrected chi connectivity index (χ3v) is 6.07. The van der Waals surface area contributed by atoms with Crippen LogP contribution in [-0.2, 0) is 4.79 Å². The maximum Gasteiger partial charge on any atom is 0.335 e. The Bertz CT molecular complexity index is 429. The highest BCUT2D eigenvalue weighted by Crippen LogP contribution is 2.42. The first kappa shape index (κ1) is 13.4. The Morgan fingerprint density at radius 2 is 1.80 bits per heavy atom. The fourth-order valence-corrected chi connectivity index (χ4v) is 2.83. The number of carbonyl (C=O) groups is 1. The second-order valence-corrected chi connectivity index (χ2v) is 5.66. The number of hydrogen-bond acceptors (Lipinski definition) is 2. The van der Waals surface area contributed by atoms with Gasteiger partial charge in [0.15, 0.2) is 0 Å². The molecule has 1 rings (SSSR count). The molecule has 0 aromatic heterocycles. The van der Waals surface area contributed by atoms with E-state index in [4.69, 9.17) is 4.74 Å². The third kappa shape index (κ3) is 3.15. The number of hydrogen-bond donors (Lipinski definition) is 0. The molecule has 0 atom stereocenters. The lowest BCUT2D eigenvalue weighted by Crippen LogP contribution is -2.04. The lowest BCUT2D eigenvalue weighted by atomic mass is 10.3. The molecule has 0 heterocycles. The van der Waals surface area contributed by atoms with Gasteiger partial charge in [-0.15, -0.1) is 0 Å². The zero-order valence-corrected chi connectivity index (χ0v) is 13.5. The van der Waals surface area contributed by atoms with Crippen molar-refractivity contribution in [2.45, 2.75) is 0 Å². The van der Waals surface area contributed by atoms with Crippen LogP contribution >= 0.6 is 63.7 Å². The summed E-state index contributed by atoms with van der Waals surface area (Å²) in [6.07, 6.45) is 1.11. The van der Waals surface area contributed by atoms with Gasteiger partial charge in [0.1, 0.15) is 5.75 Å². The molecular weight excluding hydrogens is 460 g/mol. The second-order valence-electron chi connectivity index (χ2n) is 2.42. The van der Waals surface area contributed by atoms with Gasteiger partial charge in [0.2, 0.25) is 0 Å². The predicted octanol–water partition coefficient (Wildman–Crippen LogP) is 4.83. The van der Waals surface area contributed by atoms with Crippen LogP contribution in [0.3, 0.4) is 0 Å². The van der Waals surface area contributed by atoms with Gasteiger partial charge in [0.25, 0.3) is 0 Å². The minimum atomic E-state index is -0.503. The summed E-state index contributed by atoms with van der Waals surface area (Å²) in [4.78, 5) is 11.0. The Labute approximate surface area is 121 Å². The van der Waals surface area contributed by atoms with Gasteiger partial charge in [0.05, 0.1) is 8.95 Å². The maximum atomic E-state index is 11.0. The van der Waals surface area contributed by atoms with Crippen molar-refractivity contribution in [2.75, 3.05) is 0 Å². The molecule has 1 aromatic carbocycles. The summed E-state index contributed by atoms with van der Waals surface area (Å²) < 4.78 is 8.08. The molecule has 0 aliphatic heterocycles. The number of benzene rings is 1. The number of esters is 1. The van der Waals surface area contributed by atoms with E-state index in [1.54, 1.807) is 6.07 Å². The molecule has 0 aliphatic carbocycles. The average molecular weight is 464 g/mol. The molecule has 0 bridgehead atoms. The molecule has 0 fully saturated rings. The van der Waals surface area contributed by atoms with Crippen LogP contribution in [0.1, 0.15) is 0 Å². The van der Waals surface area contributed by atoms with E-state index >= 15 is 0 Å². The van der Waals surface area contributed by atoms with E-state index in [1.165, 1.54) is 0 Å². The highest BCUT2D eigenvalue weighted by Gasteiger charge is 2.14. The van der Waals surface area contributed by atoms with Crippen LogP contribution in [0.15, 0.2) is 36.6 Å². The first-order chi connectivity index (χ1) is 6.97. The molecule has 6 heteroatoms. The number of rotatable bonds is 2. The minimum Gasteiger partial charge on any atom is -0.422 e. The van der Waals surface area contributed by atoms with Crippen molar-refractivity contribution in [3.05, 3.63) is 36.6 Å². The molecular formula is C9H4Br4O2. The van der Waals surface area contributed by atoms with Crippen LogP contribution in [0.25, 0.3) is 0 Å². The number of carbonyl (C=O) groups excluding carboxylic acids is 1. The zero-order valence-electron chi connectivity index (χ0n) is 7.19. The Morgan fingerprint density at radius 3 is 2.33 bits per heavy atom. The number of ether oxygens (including phenoxy) is 1. The molecule has 0 aliphatic rings. The molecule has 1 aromatic rings. The van der Waals surface area contributed by atoms with E-state index < -0.39 is 5.97 Å². The molecule has 0 radical (unpaired) electrons. The Kier molecular flexibility index (Phi) is 5.02. The van der Waals surface area contributed by atoms with Gasteiger partial charge in [-0.05, 0) is 69.8 Å². The average Bonchev–Trinajstić information content (AvgIpc) is 2.22. The van der Waals surface area contributed by atoms with Gasteiger partial charge in [-0.2, -0.15) is 0 Å². The fraction of sp³-hybridized carbons (Fsp3) is 0. The van der Waals surface area contributed by atoms with Crippen molar-refractivity contribution >= 4 is 69.7 Å². The molecule has 0 saturated heterocycles. The zero-order chi connectivity index (χ0) is 11.6. The molecule has 15 heavy (non-hydrogen) atoms. The topological polar surface area (TPSA) is 26.3 Å². The van der Waals surface area contributed by atoms with Crippen molar-refractivity contribution in [1.82, 2.24) is 0 Å². The van der Waals surface area contributed by atoms with Crippen molar-refractivity contribution in [2.24, 2.45) is 0 Å². The molecule has 2 nitrogen and oxygen atoms in total. The molecule has 0 N–H and O–H groups in total. The quantitative estimate of drug-likeness (QED) is 0.206. The standard InChI is InChI=1S/C9H4Br4O2/c1-2-6(14)15-5-3-4(10)7(11)9(13)8(5)12/h2-3H,1H2. The monoisotopic (exact) mass is 460 g/mol. The molecule has 0 amide bonds. The SMILES string of the molecule is C=CC(=O)Oc1cc(Br)c(Br)c(Br)c1Br. The van der Waals surface area contributed by atoms with Gasteiger partial charge in [-0.1, -0.05) is 6.58 Å². The largest absolute Gasteiger partial charge is 0.422 e. The van der Waals surface area contributed by atoms with Crippen molar-refractivity contribution in [3.8, 4) is 5.75 Å². The van der Waals surface area contributed by atoms with Crippen LogP contribution in [0.2, 0.25) is 0 Å². The van der Waals surface area contributed by atoms with Crippen LogP contribution in [0.5, 0.6) is 5.75 Å². The fourth-order valence-electron chi connectivity index (χ4n) is 0.775. The van der Waals surface area contributed by atoms with Crippen LogP contribution < -0.4 is 4.74 Å². The Balaban J connectivity index is 3.20. The predicted molar refractivity (Wildman–Crippen MR) is 73.1 cm³/mol. The summed E-state index contributed by atoms with van der Waals surface area (Å²) in [6.45, 7) is 3.33. The van der Waals surface area contributed by atoms with Crippen molar-refractivity contribution in [3.63, 3.8) is 0 Å². The van der Waals surface area contributed by atoms with Crippen LogP contribution in [-0.4, -0.2) is 5.97 Å². The van der Waals surface area contributed by atoms with E-state index in [9.17, 15) is 4.79 Å². The summed E-state index contributed by atoms with van der Waals surface area (Å²) in [6, 6.07) is 1.68. The van der Waals surface area contributed by atoms with Gasteiger partial charge >= 0.3 is 5.97 Å². The maximum absolute atomic E-state index is 11.0. The van der Waals surface area contributed by atoms with Gasteiger partial charge in [-0.3, -0.25) is 0 Å². The second kappa shape index (κ2) is 5.61. The van der Waals surface area contributed by atoms with E-state index in [-0.39, 0.29) is 0 Å². The van der Waals surface area contributed by atoms with Crippen molar-refractivity contribution < 1.29 is 9.53 Å². The molecule has 80 valence electrons. The van der Waals surface area contributed by atoms with Gasteiger partial charge in [-0.25, -0.2) is 4.79 Å². The Hall–Kier alpha value is 0.350. The van der Waals surface area contributed by atoms with Gasteiger partial charge in [0, 0.05) is 15.0 Å². The van der Waals surface area contributed by atoms with E-state index in [0.29, 0.717) is 10.2 Å². The lowest BCUT2D eigenvalue weighted by Gasteiger charge is -2.09. The van der Waals surface area contributed by atoms with E-state index in [2.05, 4.69) is 70.3 Å². The third-order valence-electron chi connectivity index (χ3n) is 1.45. The summed E-state index contributed by atoms with van der Waals surface area (Å²) in [5.41, 5.74) is 0. The first-order valence-corrected chi connectivity index (χ1v) is 6.81. The minimum absolute atomic E-state index is 0.418. The van der Waals surface area contributed by atoms with E-state index in [1.807, 2.05) is 0 Å². The molecule has 0 spiro atoms. The molecule has 0 saturated carbocycles. The smallest absolute Gasteiger partial charge is 0.335 e. The van der Waals surface area contributed by atoms with Crippen molar-refractivity contribution in [1.29, 1.82) is 0 Å². The van der Waals surface area contributed by atoms with Crippen LogP contribution in [0, 0.1) is 0 Å². The summed E-state index contributed by atoms with van der Waals surface area (Å²) in [7, 11) is 0. The highest BCUT2D eigenvalue weighted by molar-refractivity contribution is 9.15. The highest BCUT2D eigenvalue weighted by atomic mass is 79.9. The van der Waals surface area contributed by atoms with E-state index in [0.717, 1.165) is 19.5 Å².